The molecule has 1 saturated heterocycles. The van der Waals surface area contributed by atoms with Gasteiger partial charge in [0, 0.05) is 50.5 Å². The van der Waals surface area contributed by atoms with Crippen LogP contribution in [-0.2, 0) is 16.0 Å². The van der Waals surface area contributed by atoms with Crippen molar-refractivity contribution in [1.29, 1.82) is 0 Å². The Morgan fingerprint density at radius 2 is 2.00 bits per heavy atom. The number of carbonyl (C=O) groups excluding carboxylic acids is 1. The number of rotatable bonds is 4. The van der Waals surface area contributed by atoms with Gasteiger partial charge in [0.1, 0.15) is 0 Å². The normalized spacial score (nSPS) is 20.1. The lowest BCUT2D eigenvalue weighted by Crippen LogP contribution is -2.52. The van der Waals surface area contributed by atoms with Crippen molar-refractivity contribution in [2.75, 3.05) is 44.2 Å². The zero-order chi connectivity index (χ0) is 19.7. The number of carboxylic acids is 1. The standard InChI is InChI=1S/C20H25N5O3/c1-14-3-2-4-15(11-14)24-9-7-23(8-10-24)12-17(26)25-6-5-16-18(22-13-21-16)19(25)20(27)28/h2-4,11,13,19H,5-10,12H2,1H3,(H,21,22)(H,27,28). The summed E-state index contributed by atoms with van der Waals surface area (Å²) in [6.45, 7) is 5.98. The number of hydrogen-bond acceptors (Lipinski definition) is 5. The van der Waals surface area contributed by atoms with Gasteiger partial charge in [-0.05, 0) is 24.6 Å². The largest absolute Gasteiger partial charge is 0.479 e. The van der Waals surface area contributed by atoms with Crippen molar-refractivity contribution in [1.82, 2.24) is 19.8 Å². The molecule has 148 valence electrons. The van der Waals surface area contributed by atoms with Gasteiger partial charge in [0.25, 0.3) is 0 Å². The smallest absolute Gasteiger partial charge is 0.332 e. The molecule has 0 spiro atoms. The summed E-state index contributed by atoms with van der Waals surface area (Å²) in [5.41, 5.74) is 3.70. The molecule has 0 radical (unpaired) electrons. The van der Waals surface area contributed by atoms with E-state index in [0.717, 1.165) is 31.9 Å². The van der Waals surface area contributed by atoms with Gasteiger partial charge in [-0.15, -0.1) is 0 Å². The quantitative estimate of drug-likeness (QED) is 0.820. The number of aliphatic carboxylic acids is 1. The maximum Gasteiger partial charge on any atom is 0.332 e. The third kappa shape index (κ3) is 3.60. The van der Waals surface area contributed by atoms with Gasteiger partial charge in [0.2, 0.25) is 5.91 Å². The molecule has 8 nitrogen and oxygen atoms in total. The van der Waals surface area contributed by atoms with Gasteiger partial charge in [-0.3, -0.25) is 9.69 Å². The van der Waals surface area contributed by atoms with Gasteiger partial charge < -0.3 is 19.9 Å². The zero-order valence-corrected chi connectivity index (χ0v) is 16.0. The highest BCUT2D eigenvalue weighted by molar-refractivity contribution is 5.86. The third-order valence-electron chi connectivity index (χ3n) is 5.58. The fourth-order valence-electron chi connectivity index (χ4n) is 4.07. The van der Waals surface area contributed by atoms with Crippen LogP contribution in [0.4, 0.5) is 5.69 Å². The average molecular weight is 383 g/mol. The van der Waals surface area contributed by atoms with Crippen molar-refractivity contribution in [2.45, 2.75) is 19.4 Å². The number of carbonyl (C=O) groups is 2. The van der Waals surface area contributed by atoms with Crippen LogP contribution in [-0.4, -0.2) is 76.0 Å². The number of anilines is 1. The van der Waals surface area contributed by atoms with Gasteiger partial charge >= 0.3 is 5.97 Å². The van der Waals surface area contributed by atoms with Gasteiger partial charge in [-0.1, -0.05) is 12.1 Å². The number of aryl methyl sites for hydroxylation is 1. The van der Waals surface area contributed by atoms with E-state index in [4.69, 9.17) is 0 Å². The maximum absolute atomic E-state index is 12.9. The van der Waals surface area contributed by atoms with Gasteiger partial charge in [0.15, 0.2) is 6.04 Å². The summed E-state index contributed by atoms with van der Waals surface area (Å²) in [6, 6.07) is 7.43. The number of hydrogen-bond donors (Lipinski definition) is 2. The molecule has 0 saturated carbocycles. The van der Waals surface area contributed by atoms with Gasteiger partial charge in [0.05, 0.1) is 18.6 Å². The predicted molar refractivity (Wildman–Crippen MR) is 104 cm³/mol. The van der Waals surface area contributed by atoms with E-state index in [0.29, 0.717) is 18.7 Å². The number of piperazine rings is 1. The number of nitrogens with one attached hydrogen (secondary N) is 1. The molecule has 1 fully saturated rings. The molecule has 1 aromatic heterocycles. The number of imidazole rings is 1. The molecule has 1 atom stereocenters. The second kappa shape index (κ2) is 7.63. The first-order valence-electron chi connectivity index (χ1n) is 9.61. The van der Waals surface area contributed by atoms with Crippen LogP contribution in [0.3, 0.4) is 0 Å². The van der Waals surface area contributed by atoms with Crippen LogP contribution >= 0.6 is 0 Å². The molecular weight excluding hydrogens is 358 g/mol. The second-order valence-corrected chi connectivity index (χ2v) is 7.45. The molecule has 28 heavy (non-hydrogen) atoms. The Labute approximate surface area is 163 Å². The van der Waals surface area contributed by atoms with Gasteiger partial charge in [-0.25, -0.2) is 9.78 Å². The van der Waals surface area contributed by atoms with Crippen LogP contribution in [0.25, 0.3) is 0 Å². The maximum atomic E-state index is 12.9. The molecular formula is C20H25N5O3. The highest BCUT2D eigenvalue weighted by Gasteiger charge is 2.38. The average Bonchev–Trinajstić information content (AvgIpc) is 3.16. The van der Waals surface area contributed by atoms with Gasteiger partial charge in [-0.2, -0.15) is 0 Å². The topological polar surface area (TPSA) is 92.8 Å². The first-order valence-corrected chi connectivity index (χ1v) is 9.61. The summed E-state index contributed by atoms with van der Waals surface area (Å²) < 4.78 is 0. The minimum Gasteiger partial charge on any atom is -0.479 e. The molecule has 0 bridgehead atoms. The lowest BCUT2D eigenvalue weighted by molar-refractivity contribution is -0.152. The number of fused-ring (bicyclic) bond motifs is 1. The molecule has 1 unspecified atom stereocenters. The Bertz CT molecular complexity index is 872. The Hall–Kier alpha value is -2.87. The summed E-state index contributed by atoms with van der Waals surface area (Å²) in [5.74, 6) is -1.18. The second-order valence-electron chi connectivity index (χ2n) is 7.45. The SMILES string of the molecule is Cc1cccc(N2CCN(CC(=O)N3CCc4[nH]cnc4C3C(=O)O)CC2)c1. The summed E-state index contributed by atoms with van der Waals surface area (Å²) in [4.78, 5) is 37.7. The molecule has 3 heterocycles. The molecule has 2 aromatic rings. The minimum atomic E-state index is -1.04. The van der Waals surface area contributed by atoms with Crippen molar-refractivity contribution in [3.63, 3.8) is 0 Å². The van der Waals surface area contributed by atoms with E-state index in [1.165, 1.54) is 22.5 Å². The van der Waals surface area contributed by atoms with Crippen LogP contribution in [0.15, 0.2) is 30.6 Å². The molecule has 2 N–H and O–H groups in total. The number of aromatic nitrogens is 2. The number of H-pyrrole nitrogens is 1. The van der Waals surface area contributed by atoms with Crippen molar-refractivity contribution < 1.29 is 14.7 Å². The minimum absolute atomic E-state index is 0.148. The number of aromatic amines is 1. The van der Waals surface area contributed by atoms with E-state index in [-0.39, 0.29) is 12.5 Å². The Balaban J connectivity index is 1.37. The highest BCUT2D eigenvalue weighted by Crippen LogP contribution is 2.28. The monoisotopic (exact) mass is 383 g/mol. The molecule has 0 aliphatic carbocycles. The van der Waals surface area contributed by atoms with Crippen LogP contribution in [0, 0.1) is 6.92 Å². The molecule has 4 rings (SSSR count). The molecule has 1 amide bonds. The molecule has 1 aromatic carbocycles. The molecule has 8 heteroatoms. The van der Waals surface area contributed by atoms with E-state index < -0.39 is 12.0 Å². The number of benzene rings is 1. The number of carboxylic acid groups (broad SMARTS) is 1. The first-order chi connectivity index (χ1) is 13.5. The van der Waals surface area contributed by atoms with Crippen LogP contribution in [0.5, 0.6) is 0 Å². The zero-order valence-electron chi connectivity index (χ0n) is 16.0. The fraction of sp³-hybridized carbons (Fsp3) is 0.450. The lowest BCUT2D eigenvalue weighted by Gasteiger charge is -2.38. The van der Waals surface area contributed by atoms with Crippen LogP contribution in [0.2, 0.25) is 0 Å². The third-order valence-corrected chi connectivity index (χ3v) is 5.58. The predicted octanol–water partition coefficient (Wildman–Crippen LogP) is 1.05. The Morgan fingerprint density at radius 3 is 2.71 bits per heavy atom. The first kappa shape index (κ1) is 18.5. The van der Waals surface area contributed by atoms with E-state index in [9.17, 15) is 14.7 Å². The van der Waals surface area contributed by atoms with E-state index in [2.05, 4.69) is 51.0 Å². The van der Waals surface area contributed by atoms with Crippen molar-refractivity contribution >= 4 is 17.6 Å². The summed E-state index contributed by atoms with van der Waals surface area (Å²) in [7, 11) is 0. The van der Waals surface area contributed by atoms with Crippen molar-refractivity contribution in [2.24, 2.45) is 0 Å². The summed E-state index contributed by atoms with van der Waals surface area (Å²) in [6.07, 6.45) is 2.10. The Morgan fingerprint density at radius 1 is 1.21 bits per heavy atom. The molecule has 2 aliphatic heterocycles. The van der Waals surface area contributed by atoms with E-state index in [1.807, 2.05) is 0 Å². The van der Waals surface area contributed by atoms with Crippen molar-refractivity contribution in [3.05, 3.63) is 47.5 Å². The fourth-order valence-corrected chi connectivity index (χ4v) is 4.07. The van der Waals surface area contributed by atoms with E-state index in [1.54, 1.807) is 0 Å². The lowest BCUT2D eigenvalue weighted by atomic mass is 10.0. The Kier molecular flexibility index (Phi) is 5.04. The summed E-state index contributed by atoms with van der Waals surface area (Å²) in [5, 5.41) is 9.64. The summed E-state index contributed by atoms with van der Waals surface area (Å²) >= 11 is 0. The number of nitrogens with zero attached hydrogens (tertiary/aromatic N) is 4. The van der Waals surface area contributed by atoms with Crippen molar-refractivity contribution in [3.8, 4) is 0 Å². The van der Waals surface area contributed by atoms with Crippen LogP contribution in [0.1, 0.15) is 23.0 Å². The van der Waals surface area contributed by atoms with Crippen LogP contribution < -0.4 is 4.90 Å². The highest BCUT2D eigenvalue weighted by atomic mass is 16.4. The molecule has 2 aliphatic rings. The van der Waals surface area contributed by atoms with E-state index >= 15 is 0 Å². The number of amides is 1.